The van der Waals surface area contributed by atoms with E-state index in [0.717, 1.165) is 58.8 Å². The third-order valence-corrected chi connectivity index (χ3v) is 16.1. The number of anilines is 1. The van der Waals surface area contributed by atoms with Crippen LogP contribution in [0, 0.1) is 10.1 Å². The Labute approximate surface area is 431 Å². The second kappa shape index (κ2) is 33.3. The Morgan fingerprint density at radius 1 is 0.618 bits per heavy atom. The Morgan fingerprint density at radius 2 is 1.04 bits per heavy atom. The third-order valence-electron chi connectivity index (χ3n) is 15.0. The van der Waals surface area contributed by atoms with Gasteiger partial charge in [-0.15, -0.1) is 0 Å². The lowest BCUT2D eigenvalue weighted by Crippen LogP contribution is -2.60. The van der Waals surface area contributed by atoms with E-state index in [1.54, 1.807) is 6.07 Å². The van der Waals surface area contributed by atoms with Gasteiger partial charge in [-0.2, -0.15) is 0 Å². The zero-order valence-corrected chi connectivity index (χ0v) is 46.7. The molecule has 0 N–H and O–H groups in total. The number of hydrogen-bond donors (Lipinski definition) is 0. The number of non-ortho nitro benzene ring substituents is 1. The van der Waals surface area contributed by atoms with Crippen LogP contribution < -0.4 is 9.64 Å². The lowest BCUT2D eigenvalue weighted by Gasteiger charge is -2.47. The predicted octanol–water partition coefficient (Wildman–Crippen LogP) is 20.1. The molecular formula is C59H94Br2N2O5. The summed E-state index contributed by atoms with van der Waals surface area (Å²) in [6.07, 6.45) is 50.4. The number of nitro benzene ring substituents is 1. The Kier molecular flexibility index (Phi) is 28.5. The van der Waals surface area contributed by atoms with E-state index in [-0.39, 0.29) is 23.2 Å². The van der Waals surface area contributed by atoms with E-state index >= 15 is 0 Å². The number of fused-ring (bicyclic) bond motifs is 2. The van der Waals surface area contributed by atoms with Crippen molar-refractivity contribution in [2.24, 2.45) is 0 Å². The zero-order valence-electron chi connectivity index (χ0n) is 43.5. The van der Waals surface area contributed by atoms with E-state index < -0.39 is 11.1 Å². The molecule has 0 saturated carbocycles. The molecule has 4 rings (SSSR count). The van der Waals surface area contributed by atoms with Crippen LogP contribution in [0.2, 0.25) is 0 Å². The van der Waals surface area contributed by atoms with Crippen molar-refractivity contribution in [3.63, 3.8) is 0 Å². The summed E-state index contributed by atoms with van der Waals surface area (Å²) in [6.45, 7) is 9.73. The summed E-state index contributed by atoms with van der Waals surface area (Å²) in [5.41, 5.74) is 1.99. The molecule has 2 aromatic rings. The van der Waals surface area contributed by atoms with E-state index in [0.29, 0.717) is 23.3 Å². The van der Waals surface area contributed by atoms with Crippen LogP contribution >= 0.6 is 31.9 Å². The van der Waals surface area contributed by atoms with Gasteiger partial charge in [-0.3, -0.25) is 14.9 Å². The first-order chi connectivity index (χ1) is 33.1. The van der Waals surface area contributed by atoms with Gasteiger partial charge in [0.15, 0.2) is 0 Å². The summed E-state index contributed by atoms with van der Waals surface area (Å²) in [5.74, 6) is 0.272. The molecule has 9 heteroatoms. The largest absolute Gasteiger partial charge is 0.462 e. The topological polar surface area (TPSA) is 81.9 Å². The fraction of sp³-hybridized carbons (Fsp3) is 0.746. The summed E-state index contributed by atoms with van der Waals surface area (Å²) < 4.78 is 15.1. The number of ether oxygens (including phenoxy) is 2. The Hall–Kier alpha value is -2.39. The number of nitrogens with zero attached hydrogens (tertiary/aromatic N) is 2. The molecule has 68 heavy (non-hydrogen) atoms. The smallest absolute Gasteiger partial charge is 0.306 e. The molecule has 2 aliphatic heterocycles. The molecule has 0 amide bonds. The molecule has 0 aromatic heterocycles. The second-order valence-corrected chi connectivity index (χ2v) is 22.8. The highest BCUT2D eigenvalue weighted by Gasteiger charge is 2.59. The van der Waals surface area contributed by atoms with Gasteiger partial charge in [0.25, 0.3) is 5.69 Å². The first-order valence-corrected chi connectivity index (χ1v) is 29.8. The summed E-state index contributed by atoms with van der Waals surface area (Å²) in [7, 11) is 0. The van der Waals surface area contributed by atoms with Gasteiger partial charge in [-0.1, -0.05) is 242 Å². The average Bonchev–Trinajstić information content (AvgIpc) is 3.49. The van der Waals surface area contributed by atoms with Gasteiger partial charge in [-0.25, -0.2) is 0 Å². The van der Waals surface area contributed by atoms with Gasteiger partial charge < -0.3 is 14.4 Å². The van der Waals surface area contributed by atoms with Crippen LogP contribution in [0.25, 0.3) is 6.08 Å². The minimum atomic E-state index is -0.900. The minimum absolute atomic E-state index is 0.0385. The monoisotopic (exact) mass is 1070 g/mol. The molecular weight excluding hydrogens is 976 g/mol. The lowest BCUT2D eigenvalue weighted by molar-refractivity contribution is -0.385. The highest BCUT2D eigenvalue weighted by atomic mass is 79.9. The number of nitro groups is 1. The SMILES string of the molecule is CCCCCCCCCCCCCCCCCCCCCC(=O)OCc1cc([N+](=O)[O-])cc2c1OC1(C=C2)N(CCCCCCCCCCCCCCCCCC)c2c(Br)cc(Br)cc2C1(C)C. The van der Waals surface area contributed by atoms with Crippen LogP contribution in [-0.2, 0) is 21.6 Å². The van der Waals surface area contributed by atoms with E-state index in [1.807, 2.05) is 6.08 Å². The van der Waals surface area contributed by atoms with Crippen LogP contribution in [0.3, 0.4) is 0 Å². The van der Waals surface area contributed by atoms with Crippen LogP contribution in [-0.4, -0.2) is 23.2 Å². The molecule has 2 aliphatic rings. The van der Waals surface area contributed by atoms with Crippen molar-refractivity contribution in [1.82, 2.24) is 0 Å². The van der Waals surface area contributed by atoms with Crippen molar-refractivity contribution < 1.29 is 19.2 Å². The maximum absolute atomic E-state index is 13.1. The molecule has 0 saturated heterocycles. The van der Waals surface area contributed by atoms with Crippen LogP contribution in [0.4, 0.5) is 11.4 Å². The number of halogens is 2. The van der Waals surface area contributed by atoms with E-state index in [1.165, 1.54) is 199 Å². The van der Waals surface area contributed by atoms with Gasteiger partial charge in [0.05, 0.1) is 16.0 Å². The van der Waals surface area contributed by atoms with Gasteiger partial charge in [-0.05, 0) is 72.5 Å². The maximum Gasteiger partial charge on any atom is 0.306 e. The molecule has 1 spiro atoms. The van der Waals surface area contributed by atoms with Crippen molar-refractivity contribution in [2.45, 2.75) is 277 Å². The van der Waals surface area contributed by atoms with Gasteiger partial charge in [0.1, 0.15) is 12.4 Å². The van der Waals surface area contributed by atoms with Crippen LogP contribution in [0.5, 0.6) is 5.75 Å². The number of carbonyl (C=O) groups excluding carboxylic acids is 1. The summed E-state index contributed by atoms with van der Waals surface area (Å²) in [5, 5.41) is 12.1. The predicted molar refractivity (Wildman–Crippen MR) is 295 cm³/mol. The maximum atomic E-state index is 13.1. The summed E-state index contributed by atoms with van der Waals surface area (Å²) in [4.78, 5) is 27.3. The number of unbranched alkanes of at least 4 members (excludes halogenated alkanes) is 33. The molecule has 0 fully saturated rings. The molecule has 2 aromatic carbocycles. The fourth-order valence-corrected chi connectivity index (χ4v) is 12.2. The van der Waals surface area contributed by atoms with Gasteiger partial charge >= 0.3 is 5.97 Å². The highest BCUT2D eigenvalue weighted by Crippen LogP contribution is 2.58. The molecule has 7 nitrogen and oxygen atoms in total. The van der Waals surface area contributed by atoms with Gasteiger partial charge in [0, 0.05) is 45.2 Å². The molecule has 384 valence electrons. The van der Waals surface area contributed by atoms with Crippen molar-refractivity contribution in [2.75, 3.05) is 11.4 Å². The Bertz CT molecular complexity index is 1780. The Morgan fingerprint density at radius 3 is 1.49 bits per heavy atom. The molecule has 1 unspecified atom stereocenters. The fourth-order valence-electron chi connectivity index (χ4n) is 10.7. The third kappa shape index (κ3) is 19.3. The van der Waals surface area contributed by atoms with Crippen molar-refractivity contribution in [3.05, 3.63) is 66.1 Å². The number of carbonyl (C=O) groups is 1. The lowest BCUT2D eigenvalue weighted by atomic mass is 9.76. The number of rotatable bonds is 40. The summed E-state index contributed by atoms with van der Waals surface area (Å²) >= 11 is 7.68. The molecule has 0 radical (unpaired) electrons. The quantitative estimate of drug-likeness (QED) is 0.0286. The number of hydrogen-bond acceptors (Lipinski definition) is 6. The van der Waals surface area contributed by atoms with Crippen molar-refractivity contribution >= 4 is 55.3 Å². The van der Waals surface area contributed by atoms with Crippen molar-refractivity contribution in [1.29, 1.82) is 0 Å². The molecule has 2 heterocycles. The van der Waals surface area contributed by atoms with Crippen LogP contribution in [0.1, 0.15) is 276 Å². The normalized spacial score (nSPS) is 15.8. The minimum Gasteiger partial charge on any atom is -0.462 e. The van der Waals surface area contributed by atoms with E-state index in [9.17, 15) is 14.9 Å². The van der Waals surface area contributed by atoms with Crippen LogP contribution in [0.15, 0.2) is 39.3 Å². The standard InChI is InChI=1S/C59H94Br2N2O5/c1-5-7-9-11-13-15-17-19-21-23-24-25-26-28-30-32-34-36-38-40-55(64)67-48-50-45-52(63(65)66)44-49-41-42-59(68-57(49)50)58(3,4)53-46-51(60)47-54(61)56(53)62(59)43-39-37-35-33-31-29-27-22-20-18-16-14-12-10-8-6-2/h41-42,44-47H,5-40,43,48H2,1-4H3. The number of esters is 1. The first kappa shape index (κ1) is 58.2. The molecule has 0 aliphatic carbocycles. The zero-order chi connectivity index (χ0) is 48.9. The first-order valence-electron chi connectivity index (χ1n) is 28.2. The second-order valence-electron chi connectivity index (χ2n) is 21.1. The van der Waals surface area contributed by atoms with Gasteiger partial charge in [0.2, 0.25) is 5.72 Å². The molecule has 1 atom stereocenters. The highest BCUT2D eigenvalue weighted by molar-refractivity contribution is 9.11. The van der Waals surface area contributed by atoms with E-state index in [4.69, 9.17) is 9.47 Å². The Balaban J connectivity index is 1.22. The number of benzene rings is 2. The summed E-state index contributed by atoms with van der Waals surface area (Å²) in [6, 6.07) is 7.40. The van der Waals surface area contributed by atoms with E-state index in [2.05, 4.69) is 82.7 Å². The molecule has 0 bridgehead atoms. The average molecular weight is 1070 g/mol. The van der Waals surface area contributed by atoms with Crippen molar-refractivity contribution in [3.8, 4) is 5.75 Å².